The highest BCUT2D eigenvalue weighted by Gasteiger charge is 2.26. The third-order valence-corrected chi connectivity index (χ3v) is 6.84. The number of sulfonamides is 1. The predicted molar refractivity (Wildman–Crippen MR) is 121 cm³/mol. The molecule has 2 amide bonds. The van der Waals surface area contributed by atoms with Crippen LogP contribution in [0.3, 0.4) is 0 Å². The molecule has 2 aromatic carbocycles. The molecule has 0 unspecified atom stereocenters. The number of anilines is 1. The van der Waals surface area contributed by atoms with Gasteiger partial charge in [0.2, 0.25) is 0 Å². The van der Waals surface area contributed by atoms with Crippen LogP contribution in [0.4, 0.5) is 5.69 Å². The van der Waals surface area contributed by atoms with Crippen LogP contribution in [0.15, 0.2) is 76.2 Å². The molecule has 0 fully saturated rings. The first-order chi connectivity index (χ1) is 15.3. The molecule has 0 aliphatic heterocycles. The Labute approximate surface area is 187 Å². The fourth-order valence-electron chi connectivity index (χ4n) is 3.17. The fraction of sp³-hybridized carbons (Fsp3) is 0.217. The summed E-state index contributed by atoms with van der Waals surface area (Å²) in [5.74, 6) is -0.631. The quantitative estimate of drug-likeness (QED) is 0.482. The zero-order valence-corrected chi connectivity index (χ0v) is 18.7. The minimum absolute atomic E-state index is 0.0713. The minimum atomic E-state index is -3.87. The van der Waals surface area contributed by atoms with Crippen molar-refractivity contribution in [3.8, 4) is 0 Å². The van der Waals surface area contributed by atoms with Gasteiger partial charge in [-0.15, -0.1) is 0 Å². The number of furan rings is 1. The van der Waals surface area contributed by atoms with E-state index in [1.54, 1.807) is 56.3 Å². The molecule has 168 valence electrons. The fourth-order valence-corrected chi connectivity index (χ4v) is 4.90. The van der Waals surface area contributed by atoms with Crippen LogP contribution < -0.4 is 14.9 Å². The molecule has 32 heavy (non-hydrogen) atoms. The summed E-state index contributed by atoms with van der Waals surface area (Å²) < 4.78 is 33.0. The first-order valence-corrected chi connectivity index (χ1v) is 11.6. The SMILES string of the molecule is CCN(c1ccccc1)S(=O)(=O)c1cc(C(=O)NCCNC(=O)c2ccco2)ccc1C. The standard InChI is InChI=1S/C23H25N3O5S/c1-3-26(19-8-5-4-6-9-19)32(29,30)21-16-18(12-11-17(21)2)22(27)24-13-14-25-23(28)20-10-7-15-31-20/h4-12,15-16H,3,13-14H2,1-2H3,(H,24,27)(H,25,28). The molecule has 3 aromatic rings. The van der Waals surface area contributed by atoms with Crippen molar-refractivity contribution in [3.05, 3.63) is 83.8 Å². The summed E-state index contributed by atoms with van der Waals surface area (Å²) in [6, 6.07) is 16.5. The van der Waals surface area contributed by atoms with E-state index >= 15 is 0 Å². The van der Waals surface area contributed by atoms with Gasteiger partial charge in [-0.1, -0.05) is 24.3 Å². The second-order valence-electron chi connectivity index (χ2n) is 6.97. The average molecular weight is 456 g/mol. The van der Waals surface area contributed by atoms with Gasteiger partial charge in [-0.25, -0.2) is 8.42 Å². The van der Waals surface area contributed by atoms with Crippen LogP contribution in [-0.4, -0.2) is 39.9 Å². The van der Waals surface area contributed by atoms with Crippen molar-refractivity contribution in [2.45, 2.75) is 18.7 Å². The van der Waals surface area contributed by atoms with Crippen molar-refractivity contribution in [1.82, 2.24) is 10.6 Å². The number of hydrogen-bond acceptors (Lipinski definition) is 5. The summed E-state index contributed by atoms with van der Waals surface area (Å²) in [7, 11) is -3.87. The number of hydrogen-bond donors (Lipinski definition) is 2. The summed E-state index contributed by atoms with van der Waals surface area (Å²) >= 11 is 0. The van der Waals surface area contributed by atoms with E-state index in [4.69, 9.17) is 4.42 Å². The Morgan fingerprint density at radius 2 is 1.62 bits per heavy atom. The summed E-state index contributed by atoms with van der Waals surface area (Å²) in [6.45, 7) is 4.06. The van der Waals surface area contributed by atoms with Crippen LogP contribution in [0.5, 0.6) is 0 Å². The van der Waals surface area contributed by atoms with Crippen molar-refractivity contribution in [2.75, 3.05) is 23.9 Å². The van der Waals surface area contributed by atoms with Crippen LogP contribution in [-0.2, 0) is 10.0 Å². The topological polar surface area (TPSA) is 109 Å². The smallest absolute Gasteiger partial charge is 0.287 e. The molecular weight excluding hydrogens is 430 g/mol. The van der Waals surface area contributed by atoms with Gasteiger partial charge < -0.3 is 15.1 Å². The number of nitrogens with zero attached hydrogens (tertiary/aromatic N) is 1. The van der Waals surface area contributed by atoms with Gasteiger partial charge in [-0.3, -0.25) is 13.9 Å². The van der Waals surface area contributed by atoms with Gasteiger partial charge in [0.05, 0.1) is 16.8 Å². The number of benzene rings is 2. The molecule has 9 heteroatoms. The highest BCUT2D eigenvalue weighted by Crippen LogP contribution is 2.26. The second kappa shape index (κ2) is 10.1. The van der Waals surface area contributed by atoms with E-state index in [1.807, 2.05) is 6.07 Å². The zero-order valence-electron chi connectivity index (χ0n) is 17.9. The summed E-state index contributed by atoms with van der Waals surface area (Å²) in [6.07, 6.45) is 1.40. The Hall–Kier alpha value is -3.59. The molecule has 0 saturated carbocycles. The Morgan fingerprint density at radius 1 is 0.938 bits per heavy atom. The van der Waals surface area contributed by atoms with E-state index in [1.165, 1.54) is 22.7 Å². The summed E-state index contributed by atoms with van der Waals surface area (Å²) in [4.78, 5) is 24.5. The maximum Gasteiger partial charge on any atom is 0.287 e. The number of amides is 2. The maximum atomic E-state index is 13.3. The molecule has 0 saturated heterocycles. The Kier molecular flexibility index (Phi) is 7.32. The van der Waals surface area contributed by atoms with Gasteiger partial charge in [0, 0.05) is 25.2 Å². The highest BCUT2D eigenvalue weighted by molar-refractivity contribution is 7.92. The van der Waals surface area contributed by atoms with Crippen LogP contribution in [0.1, 0.15) is 33.4 Å². The van der Waals surface area contributed by atoms with Crippen molar-refractivity contribution >= 4 is 27.5 Å². The lowest BCUT2D eigenvalue weighted by Crippen LogP contribution is -2.35. The van der Waals surface area contributed by atoms with Crippen LogP contribution in [0, 0.1) is 6.92 Å². The van der Waals surface area contributed by atoms with E-state index in [0.717, 1.165) is 0 Å². The van der Waals surface area contributed by atoms with E-state index in [-0.39, 0.29) is 41.8 Å². The van der Waals surface area contributed by atoms with Gasteiger partial charge in [0.1, 0.15) is 0 Å². The van der Waals surface area contributed by atoms with Gasteiger partial charge in [0.15, 0.2) is 5.76 Å². The number of rotatable bonds is 9. The van der Waals surface area contributed by atoms with Gasteiger partial charge in [0.25, 0.3) is 21.8 Å². The lowest BCUT2D eigenvalue weighted by atomic mass is 10.1. The van der Waals surface area contributed by atoms with Crippen molar-refractivity contribution in [1.29, 1.82) is 0 Å². The van der Waals surface area contributed by atoms with Crippen LogP contribution >= 0.6 is 0 Å². The molecule has 0 aliphatic rings. The normalized spacial score (nSPS) is 11.1. The number of nitrogens with one attached hydrogen (secondary N) is 2. The maximum absolute atomic E-state index is 13.3. The third kappa shape index (κ3) is 5.17. The number of para-hydroxylation sites is 1. The first kappa shape index (κ1) is 23.1. The summed E-state index contributed by atoms with van der Waals surface area (Å²) in [5, 5.41) is 5.31. The third-order valence-electron chi connectivity index (χ3n) is 4.79. The van der Waals surface area contributed by atoms with E-state index < -0.39 is 15.9 Å². The molecular formula is C23H25N3O5S. The van der Waals surface area contributed by atoms with Crippen molar-refractivity contribution in [3.63, 3.8) is 0 Å². The Balaban J connectivity index is 1.70. The largest absolute Gasteiger partial charge is 0.459 e. The molecule has 1 heterocycles. The lowest BCUT2D eigenvalue weighted by Gasteiger charge is -2.24. The van der Waals surface area contributed by atoms with Gasteiger partial charge in [-0.2, -0.15) is 0 Å². The summed E-state index contributed by atoms with van der Waals surface area (Å²) in [5.41, 5.74) is 1.31. The molecule has 0 atom stereocenters. The van der Waals surface area contributed by atoms with Gasteiger partial charge >= 0.3 is 0 Å². The molecule has 2 N–H and O–H groups in total. The second-order valence-corrected chi connectivity index (χ2v) is 8.81. The highest BCUT2D eigenvalue weighted by atomic mass is 32.2. The van der Waals surface area contributed by atoms with Crippen LogP contribution in [0.25, 0.3) is 0 Å². The molecule has 1 aromatic heterocycles. The number of carbonyl (C=O) groups excluding carboxylic acids is 2. The Bertz CT molecular complexity index is 1180. The Morgan fingerprint density at radius 3 is 2.25 bits per heavy atom. The molecule has 3 rings (SSSR count). The predicted octanol–water partition coefficient (Wildman–Crippen LogP) is 2.96. The number of aryl methyl sites for hydroxylation is 1. The van der Waals surface area contributed by atoms with Crippen molar-refractivity contribution < 1.29 is 22.4 Å². The molecule has 8 nitrogen and oxygen atoms in total. The van der Waals surface area contributed by atoms with Crippen molar-refractivity contribution in [2.24, 2.45) is 0 Å². The van der Waals surface area contributed by atoms with Gasteiger partial charge in [-0.05, 0) is 55.8 Å². The minimum Gasteiger partial charge on any atom is -0.459 e. The average Bonchev–Trinajstić information content (AvgIpc) is 3.33. The monoisotopic (exact) mass is 455 g/mol. The molecule has 0 bridgehead atoms. The van der Waals surface area contributed by atoms with Crippen LogP contribution in [0.2, 0.25) is 0 Å². The number of carbonyl (C=O) groups is 2. The van der Waals surface area contributed by atoms with E-state index in [9.17, 15) is 18.0 Å². The molecule has 0 spiro atoms. The zero-order chi connectivity index (χ0) is 23.1. The molecule has 0 aliphatic carbocycles. The van der Waals surface area contributed by atoms with E-state index in [0.29, 0.717) is 11.3 Å². The molecule has 0 radical (unpaired) electrons. The van der Waals surface area contributed by atoms with E-state index in [2.05, 4.69) is 10.6 Å². The lowest BCUT2D eigenvalue weighted by molar-refractivity contribution is 0.0910. The first-order valence-electron chi connectivity index (χ1n) is 10.1.